The molecular weight excluding hydrogens is 395 g/mol. The summed E-state index contributed by atoms with van der Waals surface area (Å²) >= 11 is 0. The van der Waals surface area contributed by atoms with Gasteiger partial charge in [0.2, 0.25) is 0 Å². The topological polar surface area (TPSA) is 70.8 Å². The molecule has 3 aromatic rings. The number of pyridine rings is 1. The zero-order valence-electron chi connectivity index (χ0n) is 17.6. The molecule has 1 fully saturated rings. The molecule has 0 amide bonds. The smallest absolute Gasteiger partial charge is 0.336 e. The molecule has 0 saturated carbocycles. The molecule has 4 heterocycles. The van der Waals surface area contributed by atoms with E-state index in [1.165, 1.54) is 13.0 Å². The van der Waals surface area contributed by atoms with Crippen molar-refractivity contribution in [2.24, 2.45) is 0 Å². The molecule has 0 aromatic carbocycles. The van der Waals surface area contributed by atoms with Crippen molar-refractivity contribution < 1.29 is 17.7 Å². The zero-order valence-corrected chi connectivity index (χ0v) is 17.6. The number of fused-ring (bicyclic) bond motifs is 1. The molecule has 0 aliphatic carbocycles. The van der Waals surface area contributed by atoms with Gasteiger partial charge in [-0.25, -0.2) is 4.98 Å². The fourth-order valence-corrected chi connectivity index (χ4v) is 4.25. The lowest BCUT2D eigenvalue weighted by Gasteiger charge is -2.32. The molecule has 0 radical (unpaired) electrons. The number of aromatic amines is 1. The number of aryl methyl sites for hydroxylation is 1. The average molecular weight is 421 g/mol. The van der Waals surface area contributed by atoms with Crippen LogP contribution in [0.3, 0.4) is 0 Å². The van der Waals surface area contributed by atoms with Crippen LogP contribution in [0.25, 0.3) is 11.1 Å². The summed E-state index contributed by atoms with van der Waals surface area (Å²) in [7, 11) is 0. The fraction of sp³-hybridized carbons (Fsp3) is 0.571. The van der Waals surface area contributed by atoms with Crippen molar-refractivity contribution in [1.82, 2.24) is 25.2 Å². The van der Waals surface area contributed by atoms with Gasteiger partial charge in [-0.2, -0.15) is 18.3 Å². The van der Waals surface area contributed by atoms with Crippen molar-refractivity contribution in [3.63, 3.8) is 0 Å². The van der Waals surface area contributed by atoms with E-state index >= 15 is 0 Å². The molecular formula is C21H26F3N5O. The third-order valence-corrected chi connectivity index (χ3v) is 5.81. The maximum absolute atomic E-state index is 13.6. The van der Waals surface area contributed by atoms with E-state index in [4.69, 9.17) is 4.52 Å². The van der Waals surface area contributed by atoms with Crippen LogP contribution in [0.5, 0.6) is 0 Å². The molecule has 6 nitrogen and oxygen atoms in total. The van der Waals surface area contributed by atoms with Gasteiger partial charge >= 0.3 is 6.18 Å². The van der Waals surface area contributed by atoms with E-state index in [0.717, 1.165) is 43.7 Å². The summed E-state index contributed by atoms with van der Waals surface area (Å²) in [6.07, 6.45) is -1.13. The first-order valence-electron chi connectivity index (χ1n) is 10.1. The Balaban J connectivity index is 1.51. The number of alkyl halides is 3. The van der Waals surface area contributed by atoms with Gasteiger partial charge in [0, 0.05) is 34.8 Å². The van der Waals surface area contributed by atoms with Gasteiger partial charge in [-0.15, -0.1) is 0 Å². The number of nitrogens with one attached hydrogen (secondary N) is 1. The maximum Gasteiger partial charge on any atom is 0.417 e. The molecule has 4 rings (SSSR count). The van der Waals surface area contributed by atoms with Gasteiger partial charge in [-0.1, -0.05) is 25.9 Å². The first kappa shape index (κ1) is 20.8. The summed E-state index contributed by atoms with van der Waals surface area (Å²) in [4.78, 5) is 6.70. The van der Waals surface area contributed by atoms with E-state index in [9.17, 15) is 13.2 Å². The molecule has 1 aliphatic heterocycles. The van der Waals surface area contributed by atoms with E-state index < -0.39 is 11.7 Å². The van der Waals surface area contributed by atoms with Gasteiger partial charge in [0.05, 0.1) is 22.8 Å². The van der Waals surface area contributed by atoms with E-state index in [1.807, 2.05) is 6.20 Å². The minimum atomic E-state index is -4.47. The molecule has 162 valence electrons. The molecule has 0 spiro atoms. The first-order valence-corrected chi connectivity index (χ1v) is 10.1. The molecule has 9 heteroatoms. The lowest BCUT2D eigenvalue weighted by molar-refractivity contribution is -0.136. The predicted molar refractivity (Wildman–Crippen MR) is 106 cm³/mol. The largest absolute Gasteiger partial charge is 0.417 e. The van der Waals surface area contributed by atoms with Crippen LogP contribution in [0.2, 0.25) is 0 Å². The Morgan fingerprint density at radius 1 is 1.20 bits per heavy atom. The van der Waals surface area contributed by atoms with Crippen molar-refractivity contribution in [2.45, 2.75) is 64.6 Å². The number of rotatable bonds is 3. The first-order chi connectivity index (χ1) is 14.0. The zero-order chi connectivity index (χ0) is 21.7. The van der Waals surface area contributed by atoms with Crippen molar-refractivity contribution in [3.8, 4) is 0 Å². The minimum Gasteiger partial charge on any atom is -0.336 e. The van der Waals surface area contributed by atoms with Crippen molar-refractivity contribution in [2.75, 3.05) is 13.1 Å². The Morgan fingerprint density at radius 3 is 2.53 bits per heavy atom. The third kappa shape index (κ3) is 3.95. The van der Waals surface area contributed by atoms with Crippen LogP contribution in [0.4, 0.5) is 13.2 Å². The summed E-state index contributed by atoms with van der Waals surface area (Å²) in [5, 5.41) is 10.9. The molecule has 0 atom stereocenters. The lowest BCUT2D eigenvalue weighted by atomic mass is 9.88. The monoisotopic (exact) mass is 421 g/mol. The second kappa shape index (κ2) is 7.37. The second-order valence-electron chi connectivity index (χ2n) is 9.11. The Hall–Kier alpha value is -2.42. The van der Waals surface area contributed by atoms with E-state index in [0.29, 0.717) is 5.69 Å². The number of hydrogen-bond acceptors (Lipinski definition) is 5. The predicted octanol–water partition coefficient (Wildman–Crippen LogP) is 4.95. The van der Waals surface area contributed by atoms with Gasteiger partial charge in [0.25, 0.3) is 5.71 Å². The van der Waals surface area contributed by atoms with Gasteiger partial charge in [0.1, 0.15) is 0 Å². The molecule has 0 unspecified atom stereocenters. The highest BCUT2D eigenvalue weighted by Crippen LogP contribution is 2.39. The highest BCUT2D eigenvalue weighted by atomic mass is 19.4. The number of aromatic nitrogens is 4. The summed E-state index contributed by atoms with van der Waals surface area (Å²) in [5.41, 5.74) is 2.16. The lowest BCUT2D eigenvalue weighted by Crippen LogP contribution is -2.33. The van der Waals surface area contributed by atoms with Gasteiger partial charge in [-0.3, -0.25) is 10.00 Å². The van der Waals surface area contributed by atoms with E-state index in [1.54, 1.807) is 0 Å². The summed E-state index contributed by atoms with van der Waals surface area (Å²) in [6, 6.07) is 1.18. The second-order valence-corrected chi connectivity index (χ2v) is 9.11. The Morgan fingerprint density at radius 2 is 1.90 bits per heavy atom. The minimum absolute atomic E-state index is 0.0211. The molecule has 1 N–H and O–H groups in total. The Kier molecular flexibility index (Phi) is 5.12. The third-order valence-electron chi connectivity index (χ3n) is 5.81. The SMILES string of the molecule is Cc1noc2nc(C3CCN(Cc4cn[nH]c4C(C)(C)C)CC3)cc(C(F)(F)F)c12. The van der Waals surface area contributed by atoms with Crippen LogP contribution < -0.4 is 0 Å². The van der Waals surface area contributed by atoms with Crippen LogP contribution in [0.15, 0.2) is 16.8 Å². The maximum atomic E-state index is 13.6. The van der Waals surface area contributed by atoms with Crippen LogP contribution >= 0.6 is 0 Å². The van der Waals surface area contributed by atoms with Crippen LogP contribution in [0, 0.1) is 6.92 Å². The van der Waals surface area contributed by atoms with E-state index in [-0.39, 0.29) is 28.1 Å². The van der Waals surface area contributed by atoms with Crippen LogP contribution in [-0.2, 0) is 18.1 Å². The number of H-pyrrole nitrogens is 1. The van der Waals surface area contributed by atoms with E-state index in [2.05, 4.69) is 46.0 Å². The summed E-state index contributed by atoms with van der Waals surface area (Å²) < 4.78 is 45.9. The standard InChI is InChI=1S/C21H26F3N5O/c1-12-17-15(21(22,23)24)9-16(26-19(17)30-28-12)13-5-7-29(8-6-13)11-14-10-25-27-18(14)20(2,3)4/h9-10,13H,5-8,11H2,1-4H3,(H,25,27). The Bertz CT molecular complexity index is 1040. The van der Waals surface area contributed by atoms with Gasteiger partial charge in [0.15, 0.2) is 0 Å². The molecule has 3 aromatic heterocycles. The highest BCUT2D eigenvalue weighted by Gasteiger charge is 2.36. The normalized spacial score (nSPS) is 17.2. The van der Waals surface area contributed by atoms with Crippen LogP contribution in [0.1, 0.15) is 67.7 Å². The quantitative estimate of drug-likeness (QED) is 0.648. The van der Waals surface area contributed by atoms with Crippen molar-refractivity contribution >= 4 is 11.1 Å². The molecule has 1 saturated heterocycles. The highest BCUT2D eigenvalue weighted by molar-refractivity contribution is 5.80. The average Bonchev–Trinajstić information content (AvgIpc) is 3.28. The number of hydrogen-bond donors (Lipinski definition) is 1. The Labute approximate surface area is 172 Å². The number of nitrogens with zero attached hydrogens (tertiary/aromatic N) is 4. The van der Waals surface area contributed by atoms with Crippen molar-refractivity contribution in [3.05, 3.63) is 40.5 Å². The van der Waals surface area contributed by atoms with Crippen molar-refractivity contribution in [1.29, 1.82) is 0 Å². The number of piperidine rings is 1. The number of likely N-dealkylation sites (tertiary alicyclic amines) is 1. The number of halogens is 3. The fourth-order valence-electron chi connectivity index (χ4n) is 4.25. The van der Waals surface area contributed by atoms with Crippen LogP contribution in [-0.4, -0.2) is 38.3 Å². The molecule has 1 aliphatic rings. The summed E-state index contributed by atoms with van der Waals surface area (Å²) in [5.74, 6) is -0.0383. The molecule has 0 bridgehead atoms. The van der Waals surface area contributed by atoms with Gasteiger partial charge < -0.3 is 4.52 Å². The molecule has 30 heavy (non-hydrogen) atoms. The summed E-state index contributed by atoms with van der Waals surface area (Å²) in [6.45, 7) is 10.3. The van der Waals surface area contributed by atoms with Gasteiger partial charge in [-0.05, 0) is 38.9 Å².